The third-order valence-electron chi connectivity index (χ3n) is 3.98. The van der Waals surface area contributed by atoms with E-state index in [9.17, 15) is 8.42 Å². The van der Waals surface area contributed by atoms with Crippen molar-refractivity contribution in [2.24, 2.45) is 0 Å². The largest absolute Gasteiger partial charge is 0.282 e. The van der Waals surface area contributed by atoms with E-state index in [0.29, 0.717) is 6.54 Å². The minimum atomic E-state index is -3.51. The van der Waals surface area contributed by atoms with Crippen molar-refractivity contribution < 1.29 is 8.42 Å². The van der Waals surface area contributed by atoms with Gasteiger partial charge in [0.1, 0.15) is 0 Å². The fourth-order valence-corrected chi connectivity index (χ4v) is 4.37. The van der Waals surface area contributed by atoms with Gasteiger partial charge in [-0.15, -0.1) is 0 Å². The summed E-state index contributed by atoms with van der Waals surface area (Å²) in [4.78, 5) is 0. The average molecular weight is 307 g/mol. The Bertz CT molecular complexity index is 637. The third kappa shape index (κ3) is 3.26. The Balaban J connectivity index is 2.27. The molecule has 1 unspecified atom stereocenters. The number of hydrogen-bond donors (Lipinski definition) is 0. The fourth-order valence-electron chi connectivity index (χ4n) is 2.79. The van der Waals surface area contributed by atoms with E-state index in [2.05, 4.69) is 0 Å². The minimum Gasteiger partial charge on any atom is -0.198 e. The van der Waals surface area contributed by atoms with Crippen molar-refractivity contribution >= 4 is 10.2 Å². The van der Waals surface area contributed by atoms with Crippen LogP contribution >= 0.6 is 0 Å². The third-order valence-corrected chi connectivity index (χ3v) is 5.98. The summed E-state index contributed by atoms with van der Waals surface area (Å²) in [5, 5.41) is 8.63. The molecule has 1 saturated heterocycles. The Labute approximate surface area is 127 Å². The van der Waals surface area contributed by atoms with Gasteiger partial charge in [-0.1, -0.05) is 24.3 Å². The predicted molar refractivity (Wildman–Crippen MR) is 81.6 cm³/mol. The first kappa shape index (κ1) is 16.0. The molecule has 1 aliphatic rings. The molecule has 1 fully saturated rings. The van der Waals surface area contributed by atoms with Gasteiger partial charge in [0, 0.05) is 26.6 Å². The van der Waals surface area contributed by atoms with Crippen LogP contribution in [0, 0.1) is 18.3 Å². The van der Waals surface area contributed by atoms with Gasteiger partial charge in [-0.3, -0.25) is 0 Å². The quantitative estimate of drug-likeness (QED) is 0.838. The zero-order valence-electron chi connectivity index (χ0n) is 12.5. The zero-order chi connectivity index (χ0) is 15.5. The van der Waals surface area contributed by atoms with Gasteiger partial charge >= 0.3 is 0 Å². The lowest BCUT2D eigenvalue weighted by Crippen LogP contribution is -2.41. The molecule has 0 N–H and O–H groups in total. The molecule has 6 heteroatoms. The maximum Gasteiger partial charge on any atom is 0.282 e. The highest BCUT2D eigenvalue weighted by molar-refractivity contribution is 7.86. The first-order valence-electron chi connectivity index (χ1n) is 7.14. The van der Waals surface area contributed by atoms with Crippen molar-refractivity contribution in [3.05, 3.63) is 35.4 Å². The number of nitriles is 1. The SMILES string of the molecule is Cc1ccccc1C1CCCN1S(=O)(=O)N(C)CCC#N. The topological polar surface area (TPSA) is 64.4 Å². The summed E-state index contributed by atoms with van der Waals surface area (Å²) in [5.41, 5.74) is 2.19. The molecule has 0 aliphatic carbocycles. The van der Waals surface area contributed by atoms with E-state index in [1.807, 2.05) is 37.3 Å². The van der Waals surface area contributed by atoms with E-state index in [4.69, 9.17) is 5.26 Å². The Hall–Kier alpha value is -1.42. The molecule has 0 bridgehead atoms. The van der Waals surface area contributed by atoms with Crippen molar-refractivity contribution in [3.8, 4) is 6.07 Å². The standard InChI is InChI=1S/C15H21N3O2S/c1-13-7-3-4-8-14(13)15-9-5-12-18(15)21(19,20)17(2)11-6-10-16/h3-4,7-8,15H,5-6,9,11-12H2,1-2H3. The number of benzene rings is 1. The molecule has 0 aromatic heterocycles. The van der Waals surface area contributed by atoms with Crippen LogP contribution in [0.25, 0.3) is 0 Å². The number of hydrogen-bond acceptors (Lipinski definition) is 3. The maximum atomic E-state index is 12.7. The lowest BCUT2D eigenvalue weighted by atomic mass is 10.0. The van der Waals surface area contributed by atoms with E-state index in [1.165, 1.54) is 4.31 Å². The van der Waals surface area contributed by atoms with Gasteiger partial charge in [0.15, 0.2) is 0 Å². The summed E-state index contributed by atoms with van der Waals surface area (Å²) in [7, 11) is -1.97. The Kier molecular flexibility index (Phi) is 4.99. The van der Waals surface area contributed by atoms with E-state index in [0.717, 1.165) is 24.0 Å². The number of rotatable bonds is 5. The second kappa shape index (κ2) is 6.56. The van der Waals surface area contributed by atoms with Crippen LogP contribution in [0.5, 0.6) is 0 Å². The predicted octanol–water partition coefficient (Wildman–Crippen LogP) is 2.22. The van der Waals surface area contributed by atoms with Crippen LogP contribution in [0.4, 0.5) is 0 Å². The summed E-state index contributed by atoms with van der Waals surface area (Å²) in [5.74, 6) is 0. The summed E-state index contributed by atoms with van der Waals surface area (Å²) < 4.78 is 28.2. The van der Waals surface area contributed by atoms with Gasteiger partial charge in [-0.2, -0.15) is 22.3 Å². The first-order valence-corrected chi connectivity index (χ1v) is 8.53. The zero-order valence-corrected chi connectivity index (χ0v) is 13.3. The van der Waals surface area contributed by atoms with Crippen LogP contribution in [0.1, 0.15) is 36.4 Å². The van der Waals surface area contributed by atoms with Crippen molar-refractivity contribution in [2.45, 2.75) is 32.2 Å². The molecule has 0 spiro atoms. The van der Waals surface area contributed by atoms with Crippen molar-refractivity contribution in [3.63, 3.8) is 0 Å². The fraction of sp³-hybridized carbons (Fsp3) is 0.533. The Morgan fingerprint density at radius 1 is 1.43 bits per heavy atom. The highest BCUT2D eigenvalue weighted by atomic mass is 32.2. The molecule has 2 rings (SSSR count). The van der Waals surface area contributed by atoms with Gasteiger partial charge in [0.2, 0.25) is 0 Å². The summed E-state index contributed by atoms with van der Waals surface area (Å²) in [6.45, 7) is 2.78. The number of aryl methyl sites for hydroxylation is 1. The van der Waals surface area contributed by atoms with E-state index >= 15 is 0 Å². The number of nitrogens with zero attached hydrogens (tertiary/aromatic N) is 3. The van der Waals surface area contributed by atoms with Crippen LogP contribution in [0.2, 0.25) is 0 Å². The first-order chi connectivity index (χ1) is 9.98. The van der Waals surface area contributed by atoms with Gasteiger partial charge in [-0.25, -0.2) is 0 Å². The molecule has 5 nitrogen and oxygen atoms in total. The smallest absolute Gasteiger partial charge is 0.198 e. The molecule has 1 heterocycles. The highest BCUT2D eigenvalue weighted by Gasteiger charge is 2.37. The van der Waals surface area contributed by atoms with Crippen molar-refractivity contribution in [1.82, 2.24) is 8.61 Å². The molecule has 1 aliphatic heterocycles. The summed E-state index contributed by atoms with van der Waals surface area (Å²) in [6.07, 6.45) is 1.92. The van der Waals surface area contributed by atoms with Crippen molar-refractivity contribution in [1.29, 1.82) is 5.26 Å². The molecule has 0 amide bonds. The molecular weight excluding hydrogens is 286 g/mol. The van der Waals surface area contributed by atoms with Gasteiger partial charge in [0.25, 0.3) is 10.2 Å². The lowest BCUT2D eigenvalue weighted by molar-refractivity contribution is 0.349. The Morgan fingerprint density at radius 2 is 2.14 bits per heavy atom. The van der Waals surface area contributed by atoms with Gasteiger partial charge in [-0.05, 0) is 30.9 Å². The molecule has 21 heavy (non-hydrogen) atoms. The molecule has 1 aromatic rings. The molecule has 114 valence electrons. The molecule has 0 saturated carbocycles. The minimum absolute atomic E-state index is 0.0965. The van der Waals surface area contributed by atoms with Crippen LogP contribution in [0.15, 0.2) is 24.3 Å². The summed E-state index contributed by atoms with van der Waals surface area (Å²) >= 11 is 0. The highest BCUT2D eigenvalue weighted by Crippen LogP contribution is 2.36. The van der Waals surface area contributed by atoms with Crippen LogP contribution in [-0.2, 0) is 10.2 Å². The van der Waals surface area contributed by atoms with Crippen LogP contribution in [-0.4, -0.2) is 37.2 Å². The monoisotopic (exact) mass is 307 g/mol. The summed E-state index contributed by atoms with van der Waals surface area (Å²) in [6, 6.07) is 9.82. The average Bonchev–Trinajstić information content (AvgIpc) is 2.95. The lowest BCUT2D eigenvalue weighted by Gasteiger charge is -2.29. The maximum absolute atomic E-state index is 12.7. The van der Waals surface area contributed by atoms with Crippen LogP contribution < -0.4 is 0 Å². The molecule has 0 radical (unpaired) electrons. The van der Waals surface area contributed by atoms with E-state index < -0.39 is 10.2 Å². The van der Waals surface area contributed by atoms with E-state index in [1.54, 1.807) is 11.4 Å². The van der Waals surface area contributed by atoms with Crippen molar-refractivity contribution in [2.75, 3.05) is 20.1 Å². The van der Waals surface area contributed by atoms with Gasteiger partial charge in [0.05, 0.1) is 12.1 Å². The Morgan fingerprint density at radius 3 is 2.81 bits per heavy atom. The molecular formula is C15H21N3O2S. The molecule has 1 aromatic carbocycles. The molecule has 1 atom stereocenters. The van der Waals surface area contributed by atoms with Gasteiger partial charge < -0.3 is 0 Å². The second-order valence-electron chi connectivity index (χ2n) is 5.36. The van der Waals surface area contributed by atoms with Crippen LogP contribution in [0.3, 0.4) is 0 Å². The second-order valence-corrected chi connectivity index (χ2v) is 7.35. The normalized spacial score (nSPS) is 19.8. The van der Waals surface area contributed by atoms with E-state index in [-0.39, 0.29) is 19.0 Å².